The third-order valence-electron chi connectivity index (χ3n) is 4.20. The third kappa shape index (κ3) is 6.20. The van der Waals surface area contributed by atoms with Crippen molar-refractivity contribution in [2.24, 2.45) is 0 Å². The summed E-state index contributed by atoms with van der Waals surface area (Å²) in [6, 6.07) is 3.65. The maximum atomic E-state index is 12.6. The minimum atomic E-state index is -0.651. The van der Waals surface area contributed by atoms with Crippen LogP contribution in [-0.4, -0.2) is 80.2 Å². The van der Waals surface area contributed by atoms with E-state index in [1.54, 1.807) is 23.6 Å². The van der Waals surface area contributed by atoms with Gasteiger partial charge in [-0.3, -0.25) is 14.5 Å². The van der Waals surface area contributed by atoms with E-state index in [1.165, 1.54) is 32.4 Å². The minimum absolute atomic E-state index is 0.0277. The Hall–Kier alpha value is -2.59. The summed E-state index contributed by atoms with van der Waals surface area (Å²) in [4.78, 5) is 50.2. The van der Waals surface area contributed by atoms with Crippen molar-refractivity contribution in [2.45, 2.75) is 13.0 Å². The van der Waals surface area contributed by atoms with Gasteiger partial charge in [0.1, 0.15) is 6.04 Å². The van der Waals surface area contributed by atoms with Gasteiger partial charge in [0, 0.05) is 23.7 Å². The summed E-state index contributed by atoms with van der Waals surface area (Å²) in [7, 11) is 2.44. The zero-order valence-electron chi connectivity index (χ0n) is 16.6. The van der Waals surface area contributed by atoms with E-state index in [1.807, 2.05) is 0 Å². The molecule has 1 fully saturated rings. The number of hydrogen-bond acceptors (Lipinski definition) is 9. The summed E-state index contributed by atoms with van der Waals surface area (Å²) >= 11 is 1.63. The summed E-state index contributed by atoms with van der Waals surface area (Å²) in [6.07, 6.45) is 0. The second-order valence-electron chi connectivity index (χ2n) is 6.14. The molecule has 29 heavy (non-hydrogen) atoms. The number of esters is 3. The molecule has 1 aromatic carbocycles. The first-order chi connectivity index (χ1) is 13.9. The topological polar surface area (TPSA) is 111 Å². The zero-order valence-corrected chi connectivity index (χ0v) is 17.4. The molecule has 1 aliphatic heterocycles. The summed E-state index contributed by atoms with van der Waals surface area (Å²) in [5, 5.41) is 2.66. The van der Waals surface area contributed by atoms with Crippen LogP contribution in [0.2, 0.25) is 0 Å². The van der Waals surface area contributed by atoms with Gasteiger partial charge in [-0.25, -0.2) is 9.59 Å². The lowest BCUT2D eigenvalue weighted by Gasteiger charge is -2.32. The van der Waals surface area contributed by atoms with Crippen LogP contribution in [0.3, 0.4) is 0 Å². The number of anilines is 1. The van der Waals surface area contributed by atoms with E-state index in [-0.39, 0.29) is 41.8 Å². The van der Waals surface area contributed by atoms with E-state index in [9.17, 15) is 19.2 Å². The quantitative estimate of drug-likeness (QED) is 0.509. The minimum Gasteiger partial charge on any atom is -0.465 e. The SMILES string of the molecule is CCOC(=O)[C@@H]1CSCCN1CC(=O)Nc1cc(C(=O)OC)cc(C(=O)OC)c1. The second-order valence-corrected chi connectivity index (χ2v) is 7.29. The Balaban J connectivity index is 2.15. The molecule has 1 saturated heterocycles. The highest BCUT2D eigenvalue weighted by Gasteiger charge is 2.31. The van der Waals surface area contributed by atoms with Crippen LogP contribution < -0.4 is 5.32 Å². The van der Waals surface area contributed by atoms with Crippen LogP contribution in [0.15, 0.2) is 18.2 Å². The normalized spacial score (nSPS) is 16.6. The Morgan fingerprint density at radius 1 is 1.10 bits per heavy atom. The van der Waals surface area contributed by atoms with Gasteiger partial charge in [-0.2, -0.15) is 11.8 Å². The molecule has 1 amide bonds. The Labute approximate surface area is 173 Å². The number of carbonyl (C=O) groups excluding carboxylic acids is 4. The fourth-order valence-electron chi connectivity index (χ4n) is 2.84. The van der Waals surface area contributed by atoms with Crippen molar-refractivity contribution in [1.82, 2.24) is 4.90 Å². The molecule has 0 radical (unpaired) electrons. The Morgan fingerprint density at radius 3 is 2.28 bits per heavy atom. The molecule has 0 bridgehead atoms. The van der Waals surface area contributed by atoms with Crippen LogP contribution in [0.1, 0.15) is 27.6 Å². The lowest BCUT2D eigenvalue weighted by atomic mass is 10.1. The second kappa shape index (κ2) is 10.8. The molecule has 9 nitrogen and oxygen atoms in total. The molecule has 2 rings (SSSR count). The van der Waals surface area contributed by atoms with E-state index < -0.39 is 18.0 Å². The molecular weight excluding hydrogens is 400 g/mol. The van der Waals surface area contributed by atoms with Crippen molar-refractivity contribution in [1.29, 1.82) is 0 Å². The first kappa shape index (κ1) is 22.7. The number of nitrogens with one attached hydrogen (secondary N) is 1. The molecule has 158 valence electrons. The fourth-order valence-corrected chi connectivity index (χ4v) is 3.94. The van der Waals surface area contributed by atoms with Crippen molar-refractivity contribution >= 4 is 41.3 Å². The number of thioether (sulfide) groups is 1. The van der Waals surface area contributed by atoms with Gasteiger partial charge in [0.25, 0.3) is 0 Å². The molecule has 0 aromatic heterocycles. The van der Waals surface area contributed by atoms with Crippen molar-refractivity contribution in [3.63, 3.8) is 0 Å². The largest absolute Gasteiger partial charge is 0.465 e. The van der Waals surface area contributed by atoms with Gasteiger partial charge in [0.15, 0.2) is 0 Å². The number of ether oxygens (including phenoxy) is 3. The van der Waals surface area contributed by atoms with Gasteiger partial charge in [-0.05, 0) is 25.1 Å². The maximum Gasteiger partial charge on any atom is 0.337 e. The molecule has 0 spiro atoms. The van der Waals surface area contributed by atoms with Crippen molar-refractivity contribution in [3.05, 3.63) is 29.3 Å². The predicted molar refractivity (Wildman–Crippen MR) is 107 cm³/mol. The van der Waals surface area contributed by atoms with Gasteiger partial charge in [0.2, 0.25) is 5.91 Å². The number of nitrogens with zero attached hydrogens (tertiary/aromatic N) is 1. The molecule has 0 unspecified atom stereocenters. The predicted octanol–water partition coefficient (Wildman–Crippen LogP) is 1.18. The highest BCUT2D eigenvalue weighted by atomic mass is 32.2. The lowest BCUT2D eigenvalue weighted by molar-refractivity contribution is -0.148. The maximum absolute atomic E-state index is 12.6. The first-order valence-corrected chi connectivity index (χ1v) is 10.1. The van der Waals surface area contributed by atoms with Crippen molar-refractivity contribution in [3.8, 4) is 0 Å². The van der Waals surface area contributed by atoms with Gasteiger partial charge < -0.3 is 19.5 Å². The van der Waals surface area contributed by atoms with Gasteiger partial charge in [-0.1, -0.05) is 0 Å². The number of methoxy groups -OCH3 is 2. The van der Waals surface area contributed by atoms with Crippen molar-refractivity contribution in [2.75, 3.05) is 50.7 Å². The van der Waals surface area contributed by atoms with E-state index in [0.717, 1.165) is 5.75 Å². The monoisotopic (exact) mass is 424 g/mol. The highest BCUT2D eigenvalue weighted by Crippen LogP contribution is 2.19. The molecule has 1 heterocycles. The Bertz CT molecular complexity index is 750. The average Bonchev–Trinajstić information content (AvgIpc) is 2.72. The van der Waals surface area contributed by atoms with Crippen LogP contribution in [-0.2, 0) is 23.8 Å². The molecule has 10 heteroatoms. The standard InChI is InChI=1S/C19H24N2O7S/c1-4-28-19(25)15-11-29-6-5-21(15)10-16(22)20-14-8-12(17(23)26-2)7-13(9-14)18(24)27-3/h7-9,15H,4-6,10-11H2,1-3H3,(H,20,22)/t15-/m0/s1. The van der Waals surface area contributed by atoms with Crippen LogP contribution >= 0.6 is 11.8 Å². The summed E-state index contributed by atoms with van der Waals surface area (Å²) in [6.45, 7) is 2.55. The number of rotatable bonds is 7. The molecule has 1 atom stereocenters. The highest BCUT2D eigenvalue weighted by molar-refractivity contribution is 7.99. The van der Waals surface area contributed by atoms with Crippen LogP contribution in [0, 0.1) is 0 Å². The number of hydrogen-bond donors (Lipinski definition) is 1. The summed E-state index contributed by atoms with van der Waals surface area (Å²) in [5.74, 6) is -0.690. The molecule has 1 aromatic rings. The first-order valence-electron chi connectivity index (χ1n) is 8.99. The van der Waals surface area contributed by atoms with Gasteiger partial charge in [0.05, 0.1) is 38.5 Å². The van der Waals surface area contributed by atoms with Crippen LogP contribution in [0.4, 0.5) is 5.69 Å². The van der Waals surface area contributed by atoms with Crippen LogP contribution in [0.5, 0.6) is 0 Å². The number of carbonyl (C=O) groups is 4. The van der Waals surface area contributed by atoms with E-state index in [0.29, 0.717) is 12.3 Å². The summed E-state index contributed by atoms with van der Waals surface area (Å²) < 4.78 is 14.5. The fraction of sp³-hybridized carbons (Fsp3) is 0.474. The Kier molecular flexibility index (Phi) is 8.47. The molecular formula is C19H24N2O7S. The van der Waals surface area contributed by atoms with E-state index in [2.05, 4.69) is 14.8 Å². The number of amides is 1. The average molecular weight is 424 g/mol. The van der Waals surface area contributed by atoms with E-state index in [4.69, 9.17) is 4.74 Å². The van der Waals surface area contributed by atoms with Crippen molar-refractivity contribution < 1.29 is 33.4 Å². The number of benzene rings is 1. The molecule has 1 N–H and O–H groups in total. The van der Waals surface area contributed by atoms with E-state index >= 15 is 0 Å². The van der Waals surface area contributed by atoms with Gasteiger partial charge in [-0.15, -0.1) is 0 Å². The zero-order chi connectivity index (χ0) is 21.4. The van der Waals surface area contributed by atoms with Gasteiger partial charge >= 0.3 is 17.9 Å². The molecule has 0 aliphatic carbocycles. The molecule has 1 aliphatic rings. The summed E-state index contributed by atoms with van der Waals surface area (Å²) in [5.41, 5.74) is 0.450. The smallest absolute Gasteiger partial charge is 0.337 e. The lowest BCUT2D eigenvalue weighted by Crippen LogP contribution is -2.50. The van der Waals surface area contributed by atoms with Crippen LogP contribution in [0.25, 0.3) is 0 Å². The Morgan fingerprint density at radius 2 is 1.72 bits per heavy atom. The third-order valence-corrected chi connectivity index (χ3v) is 5.23. The molecule has 0 saturated carbocycles.